The van der Waals surface area contributed by atoms with Crippen LogP contribution >= 0.6 is 35.6 Å². The minimum Gasteiger partial charge on any atom is -0.389 e. The summed E-state index contributed by atoms with van der Waals surface area (Å²) in [6, 6.07) is 4.82. The molecule has 1 rings (SSSR count). The van der Waals surface area contributed by atoms with Gasteiger partial charge in [-0.3, -0.25) is 0 Å². The molecule has 0 bridgehead atoms. The molecule has 0 radical (unpaired) electrons. The first-order chi connectivity index (χ1) is 8.29. The SMILES string of the molecule is NC(=S)c1cc(Cl)ccc1NCCSC(F)(F)F. The van der Waals surface area contributed by atoms with Crippen molar-refractivity contribution in [2.75, 3.05) is 17.6 Å². The summed E-state index contributed by atoms with van der Waals surface area (Å²) in [5.41, 5.74) is 2.39. The molecule has 0 atom stereocenters. The van der Waals surface area contributed by atoms with Gasteiger partial charge >= 0.3 is 5.51 Å². The maximum absolute atomic E-state index is 11.9. The number of thiocarbonyl (C=S) groups is 1. The number of nitrogens with one attached hydrogen (secondary N) is 1. The highest BCUT2D eigenvalue weighted by atomic mass is 35.5. The third-order valence-corrected chi connectivity index (χ3v) is 3.12. The molecule has 100 valence electrons. The molecule has 0 saturated carbocycles. The Morgan fingerprint density at radius 2 is 2.11 bits per heavy atom. The summed E-state index contributed by atoms with van der Waals surface area (Å²) >= 11 is 10.5. The molecule has 2 nitrogen and oxygen atoms in total. The number of hydrogen-bond acceptors (Lipinski definition) is 3. The van der Waals surface area contributed by atoms with Crippen LogP contribution in [-0.2, 0) is 0 Å². The largest absolute Gasteiger partial charge is 0.441 e. The highest BCUT2D eigenvalue weighted by Crippen LogP contribution is 2.29. The van der Waals surface area contributed by atoms with E-state index >= 15 is 0 Å². The van der Waals surface area contributed by atoms with Crippen LogP contribution in [0.4, 0.5) is 18.9 Å². The van der Waals surface area contributed by atoms with Crippen LogP contribution in [0.5, 0.6) is 0 Å². The average Bonchev–Trinajstić information content (AvgIpc) is 2.24. The fourth-order valence-electron chi connectivity index (χ4n) is 1.23. The summed E-state index contributed by atoms with van der Waals surface area (Å²) < 4.78 is 35.8. The maximum Gasteiger partial charge on any atom is 0.441 e. The Labute approximate surface area is 117 Å². The highest BCUT2D eigenvalue weighted by Gasteiger charge is 2.27. The molecule has 0 aliphatic carbocycles. The second kappa shape index (κ2) is 6.49. The van der Waals surface area contributed by atoms with E-state index in [9.17, 15) is 13.2 Å². The van der Waals surface area contributed by atoms with Gasteiger partial charge in [-0.1, -0.05) is 23.8 Å². The van der Waals surface area contributed by atoms with Crippen LogP contribution < -0.4 is 11.1 Å². The number of nitrogens with two attached hydrogens (primary N) is 1. The Morgan fingerprint density at radius 3 is 2.67 bits per heavy atom. The van der Waals surface area contributed by atoms with E-state index in [2.05, 4.69) is 5.32 Å². The molecule has 0 aliphatic rings. The predicted molar refractivity (Wildman–Crippen MR) is 74.3 cm³/mol. The summed E-state index contributed by atoms with van der Waals surface area (Å²) in [5.74, 6) is -0.0943. The summed E-state index contributed by atoms with van der Waals surface area (Å²) in [4.78, 5) is 0.142. The molecular formula is C10H10ClF3N2S2. The van der Waals surface area contributed by atoms with Gasteiger partial charge in [-0.15, -0.1) is 0 Å². The number of benzene rings is 1. The second-order valence-electron chi connectivity index (χ2n) is 3.28. The summed E-state index contributed by atoms with van der Waals surface area (Å²) in [5, 5.41) is 3.31. The van der Waals surface area contributed by atoms with Crippen molar-refractivity contribution in [2.24, 2.45) is 5.73 Å². The number of thioether (sulfide) groups is 1. The molecule has 0 fully saturated rings. The van der Waals surface area contributed by atoms with Crippen LogP contribution in [0, 0.1) is 0 Å². The quantitative estimate of drug-likeness (QED) is 0.643. The van der Waals surface area contributed by atoms with Crippen molar-refractivity contribution in [3.63, 3.8) is 0 Å². The zero-order valence-corrected chi connectivity index (χ0v) is 11.4. The highest BCUT2D eigenvalue weighted by molar-refractivity contribution is 8.00. The van der Waals surface area contributed by atoms with Gasteiger partial charge in [-0.2, -0.15) is 13.2 Å². The van der Waals surface area contributed by atoms with Crippen molar-refractivity contribution < 1.29 is 13.2 Å². The smallest absolute Gasteiger partial charge is 0.389 e. The first-order valence-electron chi connectivity index (χ1n) is 4.83. The first kappa shape index (κ1) is 15.4. The van der Waals surface area contributed by atoms with E-state index < -0.39 is 5.51 Å². The Balaban J connectivity index is 2.59. The van der Waals surface area contributed by atoms with Crippen molar-refractivity contribution in [1.82, 2.24) is 0 Å². The van der Waals surface area contributed by atoms with E-state index in [0.29, 0.717) is 16.3 Å². The Morgan fingerprint density at radius 1 is 1.44 bits per heavy atom. The van der Waals surface area contributed by atoms with Crippen molar-refractivity contribution in [3.05, 3.63) is 28.8 Å². The Bertz CT molecular complexity index is 438. The van der Waals surface area contributed by atoms with E-state index in [1.165, 1.54) is 0 Å². The lowest BCUT2D eigenvalue weighted by Crippen LogP contribution is -2.15. The molecular weight excluding hydrogens is 305 g/mol. The standard InChI is InChI=1S/C10H10ClF3N2S2/c11-6-1-2-8(7(5-6)9(15)17)16-3-4-18-10(12,13)14/h1-2,5,16H,3-4H2,(H2,15,17). The summed E-state index contributed by atoms with van der Waals surface area (Å²) in [6.07, 6.45) is 0. The summed E-state index contributed by atoms with van der Waals surface area (Å²) in [7, 11) is 0. The third kappa shape index (κ3) is 5.32. The number of halogens is 4. The van der Waals surface area contributed by atoms with Gasteiger partial charge < -0.3 is 11.1 Å². The fourth-order valence-corrected chi connectivity index (χ4v) is 2.00. The van der Waals surface area contributed by atoms with E-state index in [-0.39, 0.29) is 29.0 Å². The van der Waals surface area contributed by atoms with Crippen molar-refractivity contribution in [1.29, 1.82) is 0 Å². The Kier molecular flexibility index (Phi) is 5.55. The number of hydrogen-bond donors (Lipinski definition) is 2. The zero-order chi connectivity index (χ0) is 13.8. The normalized spacial score (nSPS) is 11.3. The number of anilines is 1. The van der Waals surface area contributed by atoms with Gasteiger partial charge in [0.05, 0.1) is 0 Å². The predicted octanol–water partition coefficient (Wildman–Crippen LogP) is 3.64. The molecule has 0 amide bonds. The van der Waals surface area contributed by atoms with Crippen molar-refractivity contribution in [2.45, 2.75) is 5.51 Å². The Hall–Kier alpha value is -0.660. The molecule has 1 aromatic carbocycles. The van der Waals surface area contributed by atoms with Gasteiger partial charge in [-0.25, -0.2) is 0 Å². The van der Waals surface area contributed by atoms with Gasteiger partial charge in [0.25, 0.3) is 0 Å². The fraction of sp³-hybridized carbons (Fsp3) is 0.300. The topological polar surface area (TPSA) is 38.0 Å². The molecule has 0 aliphatic heterocycles. The van der Waals surface area contributed by atoms with Crippen LogP contribution in [0.25, 0.3) is 0 Å². The van der Waals surface area contributed by atoms with Gasteiger partial charge in [-0.05, 0) is 30.0 Å². The van der Waals surface area contributed by atoms with Gasteiger partial charge in [0.2, 0.25) is 0 Å². The minimum absolute atomic E-state index is 0.0824. The third-order valence-electron chi connectivity index (χ3n) is 1.93. The monoisotopic (exact) mass is 314 g/mol. The van der Waals surface area contributed by atoms with Gasteiger partial charge in [0.15, 0.2) is 0 Å². The van der Waals surface area contributed by atoms with E-state index in [0.717, 1.165) is 0 Å². The molecule has 0 unspecified atom stereocenters. The zero-order valence-electron chi connectivity index (χ0n) is 9.05. The number of rotatable bonds is 5. The molecule has 3 N–H and O–H groups in total. The lowest BCUT2D eigenvalue weighted by atomic mass is 10.2. The maximum atomic E-state index is 11.9. The summed E-state index contributed by atoms with van der Waals surface area (Å²) in [6.45, 7) is 0.154. The molecule has 8 heteroatoms. The molecule has 18 heavy (non-hydrogen) atoms. The average molecular weight is 315 g/mol. The molecule has 1 aromatic rings. The number of alkyl halides is 3. The van der Waals surface area contributed by atoms with Crippen molar-refractivity contribution >= 4 is 46.3 Å². The lowest BCUT2D eigenvalue weighted by molar-refractivity contribution is -0.0327. The van der Waals surface area contributed by atoms with Gasteiger partial charge in [0.1, 0.15) is 4.99 Å². The second-order valence-corrected chi connectivity index (χ2v) is 5.31. The van der Waals surface area contributed by atoms with Crippen LogP contribution in [0.1, 0.15) is 5.56 Å². The molecule has 0 saturated heterocycles. The van der Waals surface area contributed by atoms with Gasteiger partial charge in [0, 0.05) is 28.6 Å². The van der Waals surface area contributed by atoms with Crippen molar-refractivity contribution in [3.8, 4) is 0 Å². The van der Waals surface area contributed by atoms with E-state index in [1.807, 2.05) is 0 Å². The minimum atomic E-state index is -4.21. The van der Waals surface area contributed by atoms with Crippen LogP contribution in [0.2, 0.25) is 5.02 Å². The first-order valence-corrected chi connectivity index (χ1v) is 6.60. The van der Waals surface area contributed by atoms with E-state index in [4.69, 9.17) is 29.6 Å². The molecule has 0 heterocycles. The van der Waals surface area contributed by atoms with Crippen LogP contribution in [0.3, 0.4) is 0 Å². The van der Waals surface area contributed by atoms with E-state index in [1.54, 1.807) is 18.2 Å². The van der Waals surface area contributed by atoms with Crippen LogP contribution in [0.15, 0.2) is 18.2 Å². The lowest BCUT2D eigenvalue weighted by Gasteiger charge is -2.12. The molecule has 0 aromatic heterocycles. The van der Waals surface area contributed by atoms with Crippen LogP contribution in [-0.4, -0.2) is 22.8 Å². The molecule has 0 spiro atoms.